The Balaban J connectivity index is 2.56. The Bertz CT molecular complexity index is 611. The molecule has 0 saturated carbocycles. The van der Waals surface area contributed by atoms with Gasteiger partial charge in [-0.25, -0.2) is 17.6 Å². The van der Waals surface area contributed by atoms with Crippen LogP contribution in [0.5, 0.6) is 11.5 Å². The van der Waals surface area contributed by atoms with Crippen molar-refractivity contribution in [3.63, 3.8) is 0 Å². The largest absolute Gasteiger partial charge is 0.448 e. The van der Waals surface area contributed by atoms with Gasteiger partial charge in [-0.2, -0.15) is 8.78 Å². The van der Waals surface area contributed by atoms with E-state index in [0.717, 1.165) is 12.1 Å². The van der Waals surface area contributed by atoms with Crippen LogP contribution in [0.4, 0.5) is 26.3 Å². The van der Waals surface area contributed by atoms with Gasteiger partial charge in [0.05, 0.1) is 0 Å². The highest BCUT2D eigenvalue weighted by Gasteiger charge is 2.27. The Morgan fingerprint density at radius 3 is 1.63 bits per heavy atom. The second kappa shape index (κ2) is 4.83. The maximum Gasteiger partial charge on any atom is 0.207 e. The minimum absolute atomic E-state index is 0.661. The molecule has 0 radical (unpaired) electrons. The van der Waals surface area contributed by atoms with Crippen molar-refractivity contribution in [3.8, 4) is 11.5 Å². The van der Waals surface area contributed by atoms with Gasteiger partial charge in [0.2, 0.25) is 34.8 Å². The molecule has 0 unspecified atom stereocenters. The van der Waals surface area contributed by atoms with Gasteiger partial charge in [-0.05, 0) is 12.1 Å². The molecule has 0 bridgehead atoms. The summed E-state index contributed by atoms with van der Waals surface area (Å²) < 4.78 is 82.6. The lowest BCUT2D eigenvalue weighted by Gasteiger charge is -2.10. The van der Waals surface area contributed by atoms with Crippen LogP contribution in [-0.2, 0) is 0 Å². The third kappa shape index (κ3) is 2.23. The van der Waals surface area contributed by atoms with E-state index in [2.05, 4.69) is 4.74 Å². The van der Waals surface area contributed by atoms with Gasteiger partial charge in [0.25, 0.3) is 0 Å². The van der Waals surface area contributed by atoms with E-state index in [1.165, 1.54) is 12.1 Å². The monoisotopic (exact) mass is 278 g/mol. The average molecular weight is 278 g/mol. The van der Waals surface area contributed by atoms with Crippen LogP contribution in [0, 0.1) is 34.9 Å². The van der Waals surface area contributed by atoms with E-state index >= 15 is 0 Å². The van der Waals surface area contributed by atoms with Gasteiger partial charge >= 0.3 is 0 Å². The highest BCUT2D eigenvalue weighted by molar-refractivity contribution is 5.35. The summed E-state index contributed by atoms with van der Waals surface area (Å²) in [6, 6.07) is 4.42. The fourth-order valence-electron chi connectivity index (χ4n) is 1.31. The van der Waals surface area contributed by atoms with E-state index in [-0.39, 0.29) is 0 Å². The number of hydrogen-bond acceptors (Lipinski definition) is 1. The summed E-state index contributed by atoms with van der Waals surface area (Å²) in [5.41, 5.74) is 0. The number of rotatable bonds is 2. The second-order valence-corrected chi connectivity index (χ2v) is 3.43. The van der Waals surface area contributed by atoms with Crippen LogP contribution in [0.2, 0.25) is 0 Å². The molecule has 7 heteroatoms. The SMILES string of the molecule is Fc1ccccc1Oc1c(F)c(F)c(F)c(F)c1F. The molecule has 2 aromatic carbocycles. The quantitative estimate of drug-likeness (QED) is 0.452. The van der Waals surface area contributed by atoms with Crippen molar-refractivity contribution in [2.24, 2.45) is 0 Å². The second-order valence-electron chi connectivity index (χ2n) is 3.43. The molecule has 19 heavy (non-hydrogen) atoms. The fraction of sp³-hybridized carbons (Fsp3) is 0. The third-order valence-corrected chi connectivity index (χ3v) is 2.22. The summed E-state index contributed by atoms with van der Waals surface area (Å²) >= 11 is 0. The molecule has 0 aromatic heterocycles. The van der Waals surface area contributed by atoms with Crippen LogP contribution in [0.1, 0.15) is 0 Å². The summed E-state index contributed by atoms with van der Waals surface area (Å²) in [6.07, 6.45) is 0. The normalized spacial score (nSPS) is 10.6. The van der Waals surface area contributed by atoms with E-state index in [9.17, 15) is 26.3 Å². The van der Waals surface area contributed by atoms with E-state index in [4.69, 9.17) is 0 Å². The zero-order chi connectivity index (χ0) is 14.2. The maximum absolute atomic E-state index is 13.3. The molecule has 0 aliphatic carbocycles. The molecule has 0 spiro atoms. The first-order chi connectivity index (χ1) is 8.93. The zero-order valence-corrected chi connectivity index (χ0v) is 8.99. The van der Waals surface area contributed by atoms with Crippen molar-refractivity contribution in [2.75, 3.05) is 0 Å². The van der Waals surface area contributed by atoms with Gasteiger partial charge in [0.1, 0.15) is 0 Å². The number of para-hydroxylation sites is 1. The lowest BCUT2D eigenvalue weighted by Crippen LogP contribution is -2.04. The molecule has 0 saturated heterocycles. The minimum atomic E-state index is -2.31. The van der Waals surface area contributed by atoms with E-state index in [1.54, 1.807) is 0 Å². The van der Waals surface area contributed by atoms with Gasteiger partial charge < -0.3 is 4.74 Å². The standard InChI is InChI=1S/C12H4F6O/c13-5-3-1-2-4-6(5)19-12-10(17)8(15)7(14)9(16)11(12)18/h1-4H. The number of benzene rings is 2. The van der Waals surface area contributed by atoms with Crippen LogP contribution in [0.15, 0.2) is 24.3 Å². The molecule has 1 nitrogen and oxygen atoms in total. The lowest BCUT2D eigenvalue weighted by molar-refractivity contribution is 0.326. The molecule has 0 N–H and O–H groups in total. The van der Waals surface area contributed by atoms with Crippen LogP contribution in [-0.4, -0.2) is 0 Å². The van der Waals surface area contributed by atoms with Crippen molar-refractivity contribution < 1.29 is 31.1 Å². The molecule has 2 aromatic rings. The summed E-state index contributed by atoms with van der Waals surface area (Å²) in [4.78, 5) is 0. The van der Waals surface area contributed by atoms with Crippen molar-refractivity contribution in [2.45, 2.75) is 0 Å². The predicted octanol–water partition coefficient (Wildman–Crippen LogP) is 4.31. The first kappa shape index (κ1) is 13.3. The summed E-state index contributed by atoms with van der Waals surface area (Å²) in [7, 11) is 0. The van der Waals surface area contributed by atoms with E-state index in [1.807, 2.05) is 0 Å². The predicted molar refractivity (Wildman–Crippen MR) is 52.7 cm³/mol. The van der Waals surface area contributed by atoms with Gasteiger partial charge in [0, 0.05) is 0 Å². The van der Waals surface area contributed by atoms with Crippen molar-refractivity contribution >= 4 is 0 Å². The zero-order valence-electron chi connectivity index (χ0n) is 8.99. The molecule has 0 heterocycles. The average Bonchev–Trinajstić information content (AvgIpc) is 2.41. The van der Waals surface area contributed by atoms with Crippen LogP contribution < -0.4 is 4.74 Å². The van der Waals surface area contributed by atoms with E-state index in [0.29, 0.717) is 0 Å². The number of hydrogen-bond donors (Lipinski definition) is 0. The first-order valence-electron chi connectivity index (χ1n) is 4.87. The van der Waals surface area contributed by atoms with Crippen molar-refractivity contribution in [1.29, 1.82) is 0 Å². The molecule has 100 valence electrons. The van der Waals surface area contributed by atoms with Crippen molar-refractivity contribution in [1.82, 2.24) is 0 Å². The Hall–Kier alpha value is -2.18. The third-order valence-electron chi connectivity index (χ3n) is 2.22. The summed E-state index contributed by atoms with van der Waals surface area (Å²) in [5, 5.41) is 0. The van der Waals surface area contributed by atoms with Crippen LogP contribution >= 0.6 is 0 Å². The van der Waals surface area contributed by atoms with Gasteiger partial charge in [-0.1, -0.05) is 12.1 Å². The smallest absolute Gasteiger partial charge is 0.207 e. The molecular weight excluding hydrogens is 274 g/mol. The Morgan fingerprint density at radius 2 is 1.11 bits per heavy atom. The number of ether oxygens (including phenoxy) is 1. The molecule has 2 rings (SSSR count). The first-order valence-corrected chi connectivity index (χ1v) is 4.87. The minimum Gasteiger partial charge on any atom is -0.448 e. The molecular formula is C12H4F6O. The van der Waals surface area contributed by atoms with E-state index < -0.39 is 46.4 Å². The van der Waals surface area contributed by atoms with Gasteiger partial charge in [-0.15, -0.1) is 0 Å². The highest BCUT2D eigenvalue weighted by Crippen LogP contribution is 2.33. The van der Waals surface area contributed by atoms with Crippen molar-refractivity contribution in [3.05, 3.63) is 59.2 Å². The van der Waals surface area contributed by atoms with Gasteiger partial charge in [-0.3, -0.25) is 0 Å². The Kier molecular flexibility index (Phi) is 3.37. The lowest BCUT2D eigenvalue weighted by atomic mass is 10.2. The molecule has 0 aliphatic heterocycles. The topological polar surface area (TPSA) is 9.23 Å². The highest BCUT2D eigenvalue weighted by atomic mass is 19.2. The summed E-state index contributed by atoms with van der Waals surface area (Å²) in [5.74, 6) is -14.2. The maximum atomic E-state index is 13.3. The fourth-order valence-corrected chi connectivity index (χ4v) is 1.31. The molecule has 0 fully saturated rings. The van der Waals surface area contributed by atoms with Gasteiger partial charge in [0.15, 0.2) is 11.6 Å². The molecule has 0 amide bonds. The molecule has 0 atom stereocenters. The molecule has 0 aliphatic rings. The van der Waals surface area contributed by atoms with Crippen LogP contribution in [0.3, 0.4) is 0 Å². The Labute approximate surface area is 103 Å². The van der Waals surface area contributed by atoms with Crippen LogP contribution in [0.25, 0.3) is 0 Å². The number of halogens is 6. The summed E-state index contributed by atoms with van der Waals surface area (Å²) in [6.45, 7) is 0. The Morgan fingerprint density at radius 1 is 0.632 bits per heavy atom.